The number of nitrogens with one attached hydrogen (secondary N) is 1. The van der Waals surface area contributed by atoms with Gasteiger partial charge in [0.25, 0.3) is 0 Å². The van der Waals surface area contributed by atoms with E-state index in [-0.39, 0.29) is 5.41 Å². The van der Waals surface area contributed by atoms with Crippen molar-refractivity contribution in [2.45, 2.75) is 38.8 Å². The molecule has 0 saturated carbocycles. The number of H-pyrrole nitrogens is 1. The third kappa shape index (κ3) is 3.92. The highest BCUT2D eigenvalue weighted by molar-refractivity contribution is 7.13. The van der Waals surface area contributed by atoms with Crippen LogP contribution < -0.4 is 0 Å². The number of para-hydroxylation sites is 1. The van der Waals surface area contributed by atoms with Crippen LogP contribution in [0.3, 0.4) is 0 Å². The van der Waals surface area contributed by atoms with Crippen molar-refractivity contribution in [3.63, 3.8) is 0 Å². The van der Waals surface area contributed by atoms with Crippen LogP contribution in [0.5, 0.6) is 0 Å². The van der Waals surface area contributed by atoms with E-state index in [0.717, 1.165) is 49.5 Å². The van der Waals surface area contributed by atoms with E-state index in [9.17, 15) is 5.11 Å². The number of fused-ring (bicyclic) bond motifs is 2. The highest BCUT2D eigenvalue weighted by Gasteiger charge is 2.20. The van der Waals surface area contributed by atoms with Gasteiger partial charge in [-0.25, -0.2) is 4.98 Å². The molecule has 176 valence electrons. The smallest absolute Gasteiger partial charge is 0.206 e. The zero-order valence-corrected chi connectivity index (χ0v) is 20.4. The largest absolute Gasteiger partial charge is 0.454 e. The molecule has 0 bridgehead atoms. The van der Waals surface area contributed by atoms with Crippen molar-refractivity contribution in [1.82, 2.24) is 30.2 Å². The lowest BCUT2D eigenvalue weighted by Crippen LogP contribution is -2.11. The molecule has 4 aromatic heterocycles. The van der Waals surface area contributed by atoms with Crippen LogP contribution in [0, 0.1) is 0 Å². The standard InChI is InChI=1S/C26H24N6O2S/c1-26(2,3)23-14-35-25(27-23)22-11-16-10-15(8-9-21(16)34-22)20(33)13-32-12-18(24-28-30-31-29-24)17-6-4-5-7-19(17)32/h4-12,14,20,33H,13H2,1-3H3,(H,28,29,30,31). The van der Waals surface area contributed by atoms with E-state index in [2.05, 4.69) is 46.8 Å². The normalized spacial score (nSPS) is 13.1. The number of aromatic nitrogens is 6. The Hall–Kier alpha value is -3.82. The molecule has 0 fully saturated rings. The predicted molar refractivity (Wildman–Crippen MR) is 136 cm³/mol. The number of nitrogens with zero attached hydrogens (tertiary/aromatic N) is 5. The Kier molecular flexibility index (Phi) is 5.05. The van der Waals surface area contributed by atoms with E-state index in [1.54, 1.807) is 11.3 Å². The average molecular weight is 485 g/mol. The lowest BCUT2D eigenvalue weighted by atomic mass is 9.93. The first kappa shape index (κ1) is 21.7. The van der Waals surface area contributed by atoms with Gasteiger partial charge in [0.1, 0.15) is 5.58 Å². The van der Waals surface area contributed by atoms with E-state index in [0.29, 0.717) is 12.4 Å². The molecule has 2 N–H and O–H groups in total. The fourth-order valence-electron chi connectivity index (χ4n) is 4.25. The van der Waals surface area contributed by atoms with E-state index in [1.807, 2.05) is 59.3 Å². The average Bonchev–Trinajstić information content (AvgIpc) is 3.63. The summed E-state index contributed by atoms with van der Waals surface area (Å²) in [6.07, 6.45) is 1.25. The Morgan fingerprint density at radius 2 is 2.00 bits per heavy atom. The van der Waals surface area contributed by atoms with Gasteiger partial charge in [-0.1, -0.05) is 45.0 Å². The maximum Gasteiger partial charge on any atom is 0.206 e. The molecule has 9 heteroatoms. The molecule has 0 spiro atoms. The van der Waals surface area contributed by atoms with E-state index in [1.165, 1.54) is 0 Å². The van der Waals surface area contributed by atoms with Crippen LogP contribution in [0.4, 0.5) is 0 Å². The predicted octanol–water partition coefficient (Wildman–Crippen LogP) is 5.72. The maximum absolute atomic E-state index is 11.1. The number of aliphatic hydroxyl groups excluding tert-OH is 1. The van der Waals surface area contributed by atoms with Gasteiger partial charge in [0, 0.05) is 38.8 Å². The van der Waals surface area contributed by atoms with Crippen molar-refractivity contribution in [2.24, 2.45) is 0 Å². The summed E-state index contributed by atoms with van der Waals surface area (Å²) in [4.78, 5) is 4.77. The SMILES string of the molecule is CC(C)(C)c1csc(-c2cc3cc(C(O)Cn4cc(-c5nn[nH]n5)c5ccccc54)ccc3o2)n1. The third-order valence-electron chi connectivity index (χ3n) is 6.15. The number of tetrazole rings is 1. The second kappa shape index (κ2) is 8.14. The first-order valence-electron chi connectivity index (χ1n) is 11.4. The van der Waals surface area contributed by atoms with Crippen molar-refractivity contribution >= 4 is 33.2 Å². The molecule has 2 aromatic carbocycles. The van der Waals surface area contributed by atoms with Gasteiger partial charge in [0.2, 0.25) is 5.82 Å². The zero-order valence-electron chi connectivity index (χ0n) is 19.6. The third-order valence-corrected chi connectivity index (χ3v) is 7.01. The molecule has 0 amide bonds. The summed E-state index contributed by atoms with van der Waals surface area (Å²) < 4.78 is 8.10. The molecule has 0 aliphatic rings. The summed E-state index contributed by atoms with van der Waals surface area (Å²) in [7, 11) is 0. The number of hydrogen-bond donors (Lipinski definition) is 2. The fourth-order valence-corrected chi connectivity index (χ4v) is 5.25. The number of furan rings is 1. The number of hydrogen-bond acceptors (Lipinski definition) is 7. The molecule has 35 heavy (non-hydrogen) atoms. The maximum atomic E-state index is 11.1. The van der Waals surface area contributed by atoms with Crippen molar-refractivity contribution in [3.05, 3.63) is 71.4 Å². The van der Waals surface area contributed by atoms with Crippen LogP contribution in [-0.2, 0) is 12.0 Å². The molecule has 1 unspecified atom stereocenters. The molecule has 0 radical (unpaired) electrons. The second-order valence-electron chi connectivity index (χ2n) is 9.66. The Morgan fingerprint density at radius 3 is 2.77 bits per heavy atom. The Balaban J connectivity index is 1.30. The van der Waals surface area contributed by atoms with Crippen molar-refractivity contribution in [2.75, 3.05) is 0 Å². The van der Waals surface area contributed by atoms with Gasteiger partial charge in [-0.15, -0.1) is 21.5 Å². The van der Waals surface area contributed by atoms with Crippen LogP contribution in [0.25, 0.3) is 44.0 Å². The summed E-state index contributed by atoms with van der Waals surface area (Å²) in [6, 6.07) is 15.8. The quantitative estimate of drug-likeness (QED) is 0.324. The monoisotopic (exact) mass is 484 g/mol. The number of aliphatic hydroxyl groups is 1. The minimum atomic E-state index is -0.709. The number of thiazole rings is 1. The molecular formula is C26H24N6O2S. The minimum Gasteiger partial charge on any atom is -0.454 e. The van der Waals surface area contributed by atoms with Gasteiger partial charge in [-0.3, -0.25) is 0 Å². The molecule has 6 aromatic rings. The van der Waals surface area contributed by atoms with Gasteiger partial charge in [-0.05, 0) is 35.0 Å². The van der Waals surface area contributed by atoms with Crippen molar-refractivity contribution < 1.29 is 9.52 Å². The second-order valence-corrected chi connectivity index (χ2v) is 10.5. The van der Waals surface area contributed by atoms with Crippen LogP contribution in [-0.4, -0.2) is 35.3 Å². The molecule has 0 aliphatic heterocycles. The molecule has 8 nitrogen and oxygen atoms in total. The van der Waals surface area contributed by atoms with Crippen LogP contribution in [0.15, 0.2) is 64.5 Å². The Bertz CT molecular complexity index is 1640. The van der Waals surface area contributed by atoms with Crippen molar-refractivity contribution in [1.29, 1.82) is 0 Å². The molecule has 6 rings (SSSR count). The highest BCUT2D eigenvalue weighted by atomic mass is 32.1. The first-order valence-corrected chi connectivity index (χ1v) is 12.2. The zero-order chi connectivity index (χ0) is 24.2. The molecule has 1 atom stereocenters. The molecule has 4 heterocycles. The van der Waals surface area contributed by atoms with Gasteiger partial charge in [-0.2, -0.15) is 5.21 Å². The van der Waals surface area contributed by atoms with Gasteiger partial charge >= 0.3 is 0 Å². The van der Waals surface area contributed by atoms with Gasteiger partial charge in [0.05, 0.1) is 18.3 Å². The summed E-state index contributed by atoms with van der Waals surface area (Å²) in [5, 5.41) is 30.5. The fraction of sp³-hybridized carbons (Fsp3) is 0.231. The van der Waals surface area contributed by atoms with E-state index < -0.39 is 6.10 Å². The number of rotatable bonds is 5. The van der Waals surface area contributed by atoms with Crippen LogP contribution in [0.2, 0.25) is 0 Å². The topological polar surface area (TPSA) is 106 Å². The van der Waals surface area contributed by atoms with Crippen LogP contribution in [0.1, 0.15) is 38.1 Å². The van der Waals surface area contributed by atoms with Crippen LogP contribution >= 0.6 is 11.3 Å². The lowest BCUT2D eigenvalue weighted by molar-refractivity contribution is 0.158. The van der Waals surface area contributed by atoms with E-state index >= 15 is 0 Å². The lowest BCUT2D eigenvalue weighted by Gasteiger charge is -2.13. The summed E-state index contributed by atoms with van der Waals surface area (Å²) in [5.74, 6) is 1.27. The van der Waals surface area contributed by atoms with E-state index in [4.69, 9.17) is 9.40 Å². The minimum absolute atomic E-state index is 0.00964. The van der Waals surface area contributed by atoms with Crippen molar-refractivity contribution in [3.8, 4) is 22.2 Å². The highest BCUT2D eigenvalue weighted by Crippen LogP contribution is 2.35. The van der Waals surface area contributed by atoms with Gasteiger partial charge < -0.3 is 14.1 Å². The Morgan fingerprint density at radius 1 is 1.14 bits per heavy atom. The molecule has 0 saturated heterocycles. The summed E-state index contributed by atoms with van der Waals surface area (Å²) in [6.45, 7) is 6.84. The first-order chi connectivity index (χ1) is 16.9. The summed E-state index contributed by atoms with van der Waals surface area (Å²) in [5.41, 5.74) is 4.50. The van der Waals surface area contributed by atoms with Gasteiger partial charge in [0.15, 0.2) is 10.8 Å². The number of benzene rings is 2. The molecule has 0 aliphatic carbocycles. The molecular weight excluding hydrogens is 460 g/mol. The summed E-state index contributed by atoms with van der Waals surface area (Å²) >= 11 is 1.58. The number of aromatic amines is 1. The Labute approximate surface area is 205 Å².